The monoisotopic (exact) mass is 283 g/mol. The normalized spacial score (nSPS) is 15.8. The number of hydrogen-bond donors (Lipinski definition) is 1. The Kier molecular flexibility index (Phi) is 4.11. The molecule has 0 aromatic heterocycles. The van der Waals surface area contributed by atoms with Crippen LogP contribution in [-0.4, -0.2) is 18.3 Å². The summed E-state index contributed by atoms with van der Waals surface area (Å²) >= 11 is 0. The number of anilines is 2. The standard InChI is InChI=1S/C18H21NO2/c1-2-17(20)14-8-10-15(11-9-14)19-12-5-13-21-18-7-4-3-6-16(18)19/h3-4,6-11,17,20H,2,5,12-13H2,1H3/t17-/m1/s1. The van der Waals surface area contributed by atoms with Crippen LogP contribution in [-0.2, 0) is 0 Å². The Balaban J connectivity index is 1.93. The molecule has 110 valence electrons. The topological polar surface area (TPSA) is 32.7 Å². The molecule has 1 N–H and O–H groups in total. The SMILES string of the molecule is CC[C@@H](O)c1ccc(N2CCCOc3ccccc32)cc1. The van der Waals surface area contributed by atoms with Gasteiger partial charge in [-0.2, -0.15) is 0 Å². The summed E-state index contributed by atoms with van der Waals surface area (Å²) in [5.41, 5.74) is 3.22. The van der Waals surface area contributed by atoms with Crippen molar-refractivity contribution in [3.63, 3.8) is 0 Å². The fourth-order valence-corrected chi connectivity index (χ4v) is 2.71. The molecule has 1 aliphatic heterocycles. The number of aliphatic hydroxyl groups is 1. The van der Waals surface area contributed by atoms with Crippen molar-refractivity contribution in [3.05, 3.63) is 54.1 Å². The van der Waals surface area contributed by atoms with E-state index < -0.39 is 0 Å². The molecule has 1 aliphatic rings. The third-order valence-corrected chi connectivity index (χ3v) is 3.92. The fourth-order valence-electron chi connectivity index (χ4n) is 2.71. The first-order valence-corrected chi connectivity index (χ1v) is 7.57. The molecular formula is C18H21NO2. The van der Waals surface area contributed by atoms with Crippen molar-refractivity contribution < 1.29 is 9.84 Å². The van der Waals surface area contributed by atoms with E-state index in [0.29, 0.717) is 0 Å². The van der Waals surface area contributed by atoms with Gasteiger partial charge in [0.1, 0.15) is 5.75 Å². The second-order valence-electron chi connectivity index (χ2n) is 5.34. The molecule has 3 nitrogen and oxygen atoms in total. The van der Waals surface area contributed by atoms with E-state index in [0.717, 1.165) is 48.7 Å². The molecule has 0 radical (unpaired) electrons. The predicted molar refractivity (Wildman–Crippen MR) is 85.3 cm³/mol. The second kappa shape index (κ2) is 6.19. The molecule has 0 amide bonds. The van der Waals surface area contributed by atoms with Gasteiger partial charge in [-0.05, 0) is 42.7 Å². The first kappa shape index (κ1) is 14.0. The molecule has 0 saturated carbocycles. The van der Waals surface area contributed by atoms with Gasteiger partial charge in [0, 0.05) is 12.2 Å². The van der Waals surface area contributed by atoms with E-state index in [4.69, 9.17) is 4.74 Å². The molecule has 2 aromatic rings. The number of ether oxygens (including phenoxy) is 1. The molecule has 21 heavy (non-hydrogen) atoms. The average Bonchev–Trinajstić information content (AvgIpc) is 2.77. The van der Waals surface area contributed by atoms with E-state index in [-0.39, 0.29) is 6.10 Å². The Morgan fingerprint density at radius 1 is 1.14 bits per heavy atom. The minimum absolute atomic E-state index is 0.376. The van der Waals surface area contributed by atoms with Crippen molar-refractivity contribution in [1.82, 2.24) is 0 Å². The van der Waals surface area contributed by atoms with Crippen LogP contribution in [0.15, 0.2) is 48.5 Å². The quantitative estimate of drug-likeness (QED) is 0.922. The number of benzene rings is 2. The first-order chi connectivity index (χ1) is 10.3. The van der Waals surface area contributed by atoms with E-state index >= 15 is 0 Å². The molecule has 0 aliphatic carbocycles. The Morgan fingerprint density at radius 2 is 1.90 bits per heavy atom. The zero-order chi connectivity index (χ0) is 14.7. The smallest absolute Gasteiger partial charge is 0.142 e. The Labute approximate surface area is 125 Å². The van der Waals surface area contributed by atoms with E-state index in [1.807, 2.05) is 37.3 Å². The largest absolute Gasteiger partial charge is 0.491 e. The lowest BCUT2D eigenvalue weighted by Crippen LogP contribution is -2.17. The molecule has 1 atom stereocenters. The van der Waals surface area contributed by atoms with Crippen LogP contribution in [0.3, 0.4) is 0 Å². The lowest BCUT2D eigenvalue weighted by molar-refractivity contribution is 0.173. The zero-order valence-electron chi connectivity index (χ0n) is 12.3. The van der Waals surface area contributed by atoms with Crippen molar-refractivity contribution in [3.8, 4) is 5.75 Å². The molecule has 2 aromatic carbocycles. The van der Waals surface area contributed by atoms with Crippen LogP contribution in [0.5, 0.6) is 5.75 Å². The van der Waals surface area contributed by atoms with Gasteiger partial charge >= 0.3 is 0 Å². The molecule has 0 unspecified atom stereocenters. The van der Waals surface area contributed by atoms with Gasteiger partial charge in [-0.15, -0.1) is 0 Å². The highest BCUT2D eigenvalue weighted by molar-refractivity contribution is 5.69. The molecule has 0 spiro atoms. The number of rotatable bonds is 3. The van der Waals surface area contributed by atoms with Gasteiger partial charge in [0.25, 0.3) is 0 Å². The Bertz CT molecular complexity index is 594. The zero-order valence-corrected chi connectivity index (χ0v) is 12.3. The van der Waals surface area contributed by atoms with Crippen LogP contribution in [0.25, 0.3) is 0 Å². The van der Waals surface area contributed by atoms with Crippen LogP contribution in [0.2, 0.25) is 0 Å². The van der Waals surface area contributed by atoms with Gasteiger partial charge in [-0.3, -0.25) is 0 Å². The minimum atomic E-state index is -0.376. The van der Waals surface area contributed by atoms with Crippen LogP contribution in [0.4, 0.5) is 11.4 Å². The minimum Gasteiger partial charge on any atom is -0.491 e. The molecule has 0 fully saturated rings. The third kappa shape index (κ3) is 2.88. The lowest BCUT2D eigenvalue weighted by atomic mass is 10.1. The first-order valence-electron chi connectivity index (χ1n) is 7.57. The van der Waals surface area contributed by atoms with Gasteiger partial charge < -0.3 is 14.7 Å². The summed E-state index contributed by atoms with van der Waals surface area (Å²) in [6.45, 7) is 3.67. The summed E-state index contributed by atoms with van der Waals surface area (Å²) in [6.07, 6.45) is 1.35. The maximum atomic E-state index is 9.90. The number of nitrogens with zero attached hydrogens (tertiary/aromatic N) is 1. The summed E-state index contributed by atoms with van der Waals surface area (Å²) < 4.78 is 5.80. The predicted octanol–water partition coefficient (Wildman–Crippen LogP) is 4.05. The summed E-state index contributed by atoms with van der Waals surface area (Å²) in [5.74, 6) is 0.938. The van der Waals surface area contributed by atoms with Gasteiger partial charge in [0.2, 0.25) is 0 Å². The maximum absolute atomic E-state index is 9.90. The summed E-state index contributed by atoms with van der Waals surface area (Å²) in [6, 6.07) is 16.3. The van der Waals surface area contributed by atoms with Gasteiger partial charge in [-0.1, -0.05) is 31.2 Å². The van der Waals surface area contributed by atoms with Crippen LogP contribution in [0.1, 0.15) is 31.4 Å². The fraction of sp³-hybridized carbons (Fsp3) is 0.333. The highest BCUT2D eigenvalue weighted by atomic mass is 16.5. The number of hydrogen-bond acceptors (Lipinski definition) is 3. The maximum Gasteiger partial charge on any atom is 0.142 e. The average molecular weight is 283 g/mol. The Hall–Kier alpha value is -2.00. The molecule has 0 saturated heterocycles. The van der Waals surface area contributed by atoms with Crippen molar-refractivity contribution in [2.75, 3.05) is 18.1 Å². The Morgan fingerprint density at radius 3 is 2.67 bits per heavy atom. The molecule has 0 bridgehead atoms. The van der Waals surface area contributed by atoms with Crippen LogP contribution >= 0.6 is 0 Å². The van der Waals surface area contributed by atoms with Gasteiger partial charge in [0.15, 0.2) is 0 Å². The number of para-hydroxylation sites is 2. The van der Waals surface area contributed by atoms with E-state index in [1.165, 1.54) is 0 Å². The molecule has 3 heteroatoms. The van der Waals surface area contributed by atoms with Crippen molar-refractivity contribution >= 4 is 11.4 Å². The summed E-state index contributed by atoms with van der Waals surface area (Å²) in [5, 5.41) is 9.90. The number of fused-ring (bicyclic) bond motifs is 1. The van der Waals surface area contributed by atoms with Crippen LogP contribution in [0, 0.1) is 0 Å². The summed E-state index contributed by atoms with van der Waals surface area (Å²) in [7, 11) is 0. The molecular weight excluding hydrogens is 262 g/mol. The lowest BCUT2D eigenvalue weighted by Gasteiger charge is -2.24. The third-order valence-electron chi connectivity index (χ3n) is 3.92. The van der Waals surface area contributed by atoms with Crippen molar-refractivity contribution in [2.24, 2.45) is 0 Å². The van der Waals surface area contributed by atoms with Crippen molar-refractivity contribution in [1.29, 1.82) is 0 Å². The molecule has 3 rings (SSSR count). The highest BCUT2D eigenvalue weighted by Gasteiger charge is 2.17. The second-order valence-corrected chi connectivity index (χ2v) is 5.34. The van der Waals surface area contributed by atoms with Gasteiger partial charge in [0.05, 0.1) is 18.4 Å². The van der Waals surface area contributed by atoms with E-state index in [1.54, 1.807) is 0 Å². The van der Waals surface area contributed by atoms with Gasteiger partial charge in [-0.25, -0.2) is 0 Å². The van der Waals surface area contributed by atoms with E-state index in [2.05, 4.69) is 23.1 Å². The summed E-state index contributed by atoms with van der Waals surface area (Å²) in [4.78, 5) is 2.28. The highest BCUT2D eigenvalue weighted by Crippen LogP contribution is 2.36. The van der Waals surface area contributed by atoms with Crippen LogP contribution < -0.4 is 9.64 Å². The van der Waals surface area contributed by atoms with E-state index in [9.17, 15) is 5.11 Å². The van der Waals surface area contributed by atoms with Crippen molar-refractivity contribution in [2.45, 2.75) is 25.9 Å². The molecule has 1 heterocycles. The number of aliphatic hydroxyl groups excluding tert-OH is 1.